The van der Waals surface area contributed by atoms with Crippen LogP contribution < -0.4 is 5.32 Å². The molecule has 0 aromatic rings. The van der Waals surface area contributed by atoms with Gasteiger partial charge in [0.15, 0.2) is 0 Å². The van der Waals surface area contributed by atoms with Crippen LogP contribution in [0, 0.1) is 5.92 Å². The molecule has 3 aliphatic rings. The quantitative estimate of drug-likeness (QED) is 0.771. The van der Waals surface area contributed by atoms with Crippen molar-refractivity contribution in [1.29, 1.82) is 0 Å². The highest BCUT2D eigenvalue weighted by atomic mass is 16.5. The second-order valence-electron chi connectivity index (χ2n) is 6.92. The molecule has 0 spiro atoms. The molecule has 3 fully saturated rings. The summed E-state index contributed by atoms with van der Waals surface area (Å²) in [5.41, 5.74) is 0. The Morgan fingerprint density at radius 1 is 1.25 bits per heavy atom. The number of hydrogen-bond donors (Lipinski definition) is 1. The van der Waals surface area contributed by atoms with Gasteiger partial charge < -0.3 is 24.6 Å². The number of amides is 2. The smallest absolute Gasteiger partial charge is 0.249 e. The summed E-state index contributed by atoms with van der Waals surface area (Å²) in [5.74, 6) is 0.467. The van der Waals surface area contributed by atoms with Crippen LogP contribution in [0.25, 0.3) is 0 Å². The van der Waals surface area contributed by atoms with Crippen LogP contribution >= 0.6 is 0 Å². The lowest BCUT2D eigenvalue weighted by atomic mass is 9.96. The molecule has 1 N–H and O–H groups in total. The van der Waals surface area contributed by atoms with Crippen molar-refractivity contribution >= 4 is 11.8 Å². The number of methoxy groups -OCH3 is 1. The fourth-order valence-electron chi connectivity index (χ4n) is 4.09. The van der Waals surface area contributed by atoms with Gasteiger partial charge in [-0.25, -0.2) is 0 Å². The lowest BCUT2D eigenvalue weighted by molar-refractivity contribution is -0.158. The summed E-state index contributed by atoms with van der Waals surface area (Å²) in [6, 6.07) is 0.0622. The highest BCUT2D eigenvalue weighted by Crippen LogP contribution is 2.26. The number of morpholine rings is 1. The summed E-state index contributed by atoms with van der Waals surface area (Å²) in [4.78, 5) is 28.9. The number of rotatable bonds is 4. The largest absolute Gasteiger partial charge is 0.383 e. The molecule has 0 saturated carbocycles. The molecule has 136 valence electrons. The van der Waals surface area contributed by atoms with Crippen molar-refractivity contribution in [2.45, 2.75) is 37.8 Å². The van der Waals surface area contributed by atoms with Gasteiger partial charge in [-0.1, -0.05) is 0 Å². The van der Waals surface area contributed by atoms with Gasteiger partial charge in [-0.05, 0) is 38.8 Å². The third-order valence-electron chi connectivity index (χ3n) is 5.49. The molecule has 0 aromatic heterocycles. The van der Waals surface area contributed by atoms with Crippen LogP contribution in [-0.2, 0) is 19.1 Å². The number of ether oxygens (including phenoxy) is 2. The van der Waals surface area contributed by atoms with Crippen molar-refractivity contribution in [1.82, 2.24) is 15.1 Å². The molecular weight excluding hydrogens is 310 g/mol. The van der Waals surface area contributed by atoms with E-state index in [0.29, 0.717) is 19.7 Å². The van der Waals surface area contributed by atoms with Gasteiger partial charge in [0, 0.05) is 32.7 Å². The van der Waals surface area contributed by atoms with E-state index in [1.54, 1.807) is 7.11 Å². The maximum atomic E-state index is 12.8. The summed E-state index contributed by atoms with van der Waals surface area (Å²) in [7, 11) is 1.65. The van der Waals surface area contributed by atoms with Gasteiger partial charge in [0.2, 0.25) is 11.8 Å². The summed E-state index contributed by atoms with van der Waals surface area (Å²) < 4.78 is 10.9. The van der Waals surface area contributed by atoms with E-state index in [4.69, 9.17) is 9.47 Å². The number of nitrogens with zero attached hydrogens (tertiary/aromatic N) is 2. The van der Waals surface area contributed by atoms with Crippen LogP contribution in [0.15, 0.2) is 0 Å². The molecule has 24 heavy (non-hydrogen) atoms. The Morgan fingerprint density at radius 3 is 2.75 bits per heavy atom. The Morgan fingerprint density at radius 2 is 2.00 bits per heavy atom. The highest BCUT2D eigenvalue weighted by Gasteiger charge is 2.39. The molecule has 3 saturated heterocycles. The van der Waals surface area contributed by atoms with Crippen molar-refractivity contribution in [3.8, 4) is 0 Å². The molecule has 7 nitrogen and oxygen atoms in total. The van der Waals surface area contributed by atoms with Crippen LogP contribution in [0.2, 0.25) is 0 Å². The first-order valence-corrected chi connectivity index (χ1v) is 9.10. The van der Waals surface area contributed by atoms with Gasteiger partial charge in [-0.3, -0.25) is 9.59 Å². The fourth-order valence-corrected chi connectivity index (χ4v) is 4.09. The van der Waals surface area contributed by atoms with Gasteiger partial charge in [-0.2, -0.15) is 0 Å². The molecule has 0 radical (unpaired) electrons. The first-order chi connectivity index (χ1) is 11.7. The zero-order valence-electron chi connectivity index (χ0n) is 14.5. The van der Waals surface area contributed by atoms with Gasteiger partial charge in [0.25, 0.3) is 0 Å². The molecular formula is C17H29N3O4. The summed E-state index contributed by atoms with van der Waals surface area (Å²) in [5, 5.41) is 3.31. The van der Waals surface area contributed by atoms with E-state index in [0.717, 1.165) is 45.3 Å². The van der Waals surface area contributed by atoms with Crippen molar-refractivity contribution in [3.63, 3.8) is 0 Å². The molecule has 0 unspecified atom stereocenters. The maximum absolute atomic E-state index is 12.8. The van der Waals surface area contributed by atoms with Crippen molar-refractivity contribution in [2.75, 3.05) is 53.0 Å². The molecule has 7 heteroatoms. The van der Waals surface area contributed by atoms with Crippen molar-refractivity contribution < 1.29 is 19.1 Å². The minimum absolute atomic E-state index is 0.0328. The third-order valence-corrected chi connectivity index (χ3v) is 5.49. The minimum Gasteiger partial charge on any atom is -0.383 e. The number of nitrogens with one attached hydrogen (secondary N) is 1. The zero-order chi connectivity index (χ0) is 16.9. The second kappa shape index (κ2) is 8.27. The number of hydrogen-bond acceptors (Lipinski definition) is 5. The van der Waals surface area contributed by atoms with Crippen LogP contribution in [0.3, 0.4) is 0 Å². The lowest BCUT2D eigenvalue weighted by Crippen LogP contribution is -2.55. The van der Waals surface area contributed by atoms with Crippen LogP contribution in [0.4, 0.5) is 0 Å². The van der Waals surface area contributed by atoms with Gasteiger partial charge in [0.1, 0.15) is 6.61 Å². The second-order valence-corrected chi connectivity index (χ2v) is 6.92. The van der Waals surface area contributed by atoms with E-state index >= 15 is 0 Å². The molecule has 0 aromatic carbocycles. The topological polar surface area (TPSA) is 71.1 Å². The number of carbonyl (C=O) groups is 2. The van der Waals surface area contributed by atoms with Crippen LogP contribution in [0.1, 0.15) is 25.7 Å². The Kier molecular flexibility index (Phi) is 6.08. The Hall–Kier alpha value is -1.18. The van der Waals surface area contributed by atoms with E-state index in [2.05, 4.69) is 5.32 Å². The standard InChI is InChI=1S/C17H29N3O4/c1-23-11-10-20-14-4-8-19(9-5-15(14)24-12-16(20)21)17(22)13-2-6-18-7-3-13/h13-15,18H,2-12H2,1H3/t14-,15-/m0/s1. The SMILES string of the molecule is COCCN1C(=O)CO[C@H]2CCN(C(=O)C3CCNCC3)CC[C@@H]21. The predicted molar refractivity (Wildman–Crippen MR) is 88.5 cm³/mol. The van der Waals surface area contributed by atoms with Gasteiger partial charge in [-0.15, -0.1) is 0 Å². The van der Waals surface area contributed by atoms with Crippen LogP contribution in [-0.4, -0.2) is 86.8 Å². The number of fused-ring (bicyclic) bond motifs is 1. The third kappa shape index (κ3) is 3.90. The molecule has 3 rings (SSSR count). The number of likely N-dealkylation sites (tertiary alicyclic amines) is 1. The van der Waals surface area contributed by atoms with E-state index in [1.165, 1.54) is 0 Å². The van der Waals surface area contributed by atoms with E-state index in [1.807, 2.05) is 9.80 Å². The molecule has 3 heterocycles. The van der Waals surface area contributed by atoms with E-state index < -0.39 is 0 Å². The lowest BCUT2D eigenvalue weighted by Gasteiger charge is -2.40. The highest BCUT2D eigenvalue weighted by molar-refractivity contribution is 5.80. The Bertz CT molecular complexity index is 453. The molecule has 3 aliphatic heterocycles. The molecule has 2 atom stereocenters. The average Bonchev–Trinajstić information content (AvgIpc) is 2.84. The Labute approximate surface area is 143 Å². The Balaban J connectivity index is 1.62. The zero-order valence-corrected chi connectivity index (χ0v) is 14.5. The fraction of sp³-hybridized carbons (Fsp3) is 0.882. The van der Waals surface area contributed by atoms with E-state index in [-0.39, 0.29) is 36.5 Å². The first-order valence-electron chi connectivity index (χ1n) is 9.10. The number of carbonyl (C=O) groups excluding carboxylic acids is 2. The average molecular weight is 339 g/mol. The van der Waals surface area contributed by atoms with Gasteiger partial charge >= 0.3 is 0 Å². The molecule has 2 amide bonds. The van der Waals surface area contributed by atoms with Crippen LogP contribution in [0.5, 0.6) is 0 Å². The minimum atomic E-state index is 0.0328. The summed E-state index contributed by atoms with van der Waals surface area (Å²) in [6.45, 7) is 4.58. The normalized spacial score (nSPS) is 29.3. The number of piperidine rings is 1. The summed E-state index contributed by atoms with van der Waals surface area (Å²) >= 11 is 0. The van der Waals surface area contributed by atoms with Crippen molar-refractivity contribution in [2.24, 2.45) is 5.92 Å². The summed E-state index contributed by atoms with van der Waals surface area (Å²) in [6.07, 6.45) is 3.48. The first kappa shape index (κ1) is 17.6. The van der Waals surface area contributed by atoms with E-state index in [9.17, 15) is 9.59 Å². The predicted octanol–water partition coefficient (Wildman–Crippen LogP) is -0.149. The maximum Gasteiger partial charge on any atom is 0.249 e. The monoisotopic (exact) mass is 339 g/mol. The molecule has 0 bridgehead atoms. The van der Waals surface area contributed by atoms with Gasteiger partial charge in [0.05, 0.1) is 18.8 Å². The van der Waals surface area contributed by atoms with Crippen molar-refractivity contribution in [3.05, 3.63) is 0 Å². The molecule has 0 aliphatic carbocycles.